The molecular weight excluding hydrogens is 358 g/mol. The Labute approximate surface area is 164 Å². The van der Waals surface area contributed by atoms with Gasteiger partial charge < -0.3 is 19.1 Å². The summed E-state index contributed by atoms with van der Waals surface area (Å²) in [4.78, 5) is 14.5. The molecule has 28 heavy (non-hydrogen) atoms. The Bertz CT molecular complexity index is 928. The van der Waals surface area contributed by atoms with Crippen molar-refractivity contribution in [2.75, 3.05) is 28.4 Å². The topological polar surface area (TPSA) is 65.8 Å². The largest absolute Gasteiger partial charge is 0.493 e. The first-order chi connectivity index (χ1) is 13.6. The Morgan fingerprint density at radius 2 is 1.68 bits per heavy atom. The van der Waals surface area contributed by atoms with Crippen molar-refractivity contribution < 1.29 is 19.0 Å². The van der Waals surface area contributed by atoms with Gasteiger partial charge in [0.15, 0.2) is 11.5 Å². The fourth-order valence-electron chi connectivity index (χ4n) is 2.93. The number of benzene rings is 2. The molecular formula is C21H23N3O4. The number of methoxy groups -OCH3 is 3. The third kappa shape index (κ3) is 3.93. The molecule has 3 rings (SSSR count). The Morgan fingerprint density at radius 1 is 1.04 bits per heavy atom. The van der Waals surface area contributed by atoms with Crippen molar-refractivity contribution in [3.05, 3.63) is 66.0 Å². The van der Waals surface area contributed by atoms with Gasteiger partial charge in [-0.2, -0.15) is 5.10 Å². The lowest BCUT2D eigenvalue weighted by molar-refractivity contribution is 0.0784. The van der Waals surface area contributed by atoms with E-state index in [1.165, 1.54) is 21.3 Å². The molecule has 2 aromatic carbocycles. The maximum absolute atomic E-state index is 12.9. The first kappa shape index (κ1) is 19.3. The number of para-hydroxylation sites is 1. The van der Waals surface area contributed by atoms with Crippen LogP contribution in [0.25, 0.3) is 5.69 Å². The molecule has 0 aliphatic heterocycles. The second kappa shape index (κ2) is 8.47. The van der Waals surface area contributed by atoms with Crippen molar-refractivity contribution in [3.8, 4) is 22.9 Å². The predicted molar refractivity (Wildman–Crippen MR) is 105 cm³/mol. The third-order valence-corrected chi connectivity index (χ3v) is 4.33. The van der Waals surface area contributed by atoms with Gasteiger partial charge in [-0.1, -0.05) is 18.2 Å². The molecule has 146 valence electrons. The van der Waals surface area contributed by atoms with Crippen molar-refractivity contribution in [1.82, 2.24) is 14.7 Å². The summed E-state index contributed by atoms with van der Waals surface area (Å²) >= 11 is 0. The highest BCUT2D eigenvalue weighted by molar-refractivity contribution is 5.95. The minimum Gasteiger partial charge on any atom is -0.493 e. The van der Waals surface area contributed by atoms with E-state index in [4.69, 9.17) is 14.2 Å². The molecule has 0 saturated carbocycles. The summed E-state index contributed by atoms with van der Waals surface area (Å²) in [5.41, 5.74) is 2.34. The van der Waals surface area contributed by atoms with Crippen LogP contribution in [-0.4, -0.2) is 49.0 Å². The van der Waals surface area contributed by atoms with E-state index in [1.54, 1.807) is 35.0 Å². The number of nitrogens with zero attached hydrogens (tertiary/aromatic N) is 3. The molecule has 1 heterocycles. The van der Waals surface area contributed by atoms with Gasteiger partial charge in [0, 0.05) is 30.9 Å². The molecule has 0 atom stereocenters. The third-order valence-electron chi connectivity index (χ3n) is 4.33. The van der Waals surface area contributed by atoms with E-state index in [1.807, 2.05) is 36.5 Å². The maximum Gasteiger partial charge on any atom is 0.254 e. The van der Waals surface area contributed by atoms with Crippen LogP contribution in [0, 0.1) is 0 Å². The zero-order valence-corrected chi connectivity index (χ0v) is 16.4. The average molecular weight is 381 g/mol. The Morgan fingerprint density at radius 3 is 2.25 bits per heavy atom. The Kier molecular flexibility index (Phi) is 5.84. The summed E-state index contributed by atoms with van der Waals surface area (Å²) in [6, 6.07) is 13.1. The molecule has 0 spiro atoms. The first-order valence-corrected chi connectivity index (χ1v) is 8.71. The van der Waals surface area contributed by atoms with Crippen molar-refractivity contribution >= 4 is 5.91 Å². The van der Waals surface area contributed by atoms with Gasteiger partial charge >= 0.3 is 0 Å². The molecule has 0 fully saturated rings. The second-order valence-corrected chi connectivity index (χ2v) is 6.20. The minimum absolute atomic E-state index is 0.160. The highest BCUT2D eigenvalue weighted by Crippen LogP contribution is 2.38. The van der Waals surface area contributed by atoms with Crippen molar-refractivity contribution in [2.45, 2.75) is 6.54 Å². The predicted octanol–water partition coefficient (Wildman–Crippen LogP) is 3.17. The van der Waals surface area contributed by atoms with Gasteiger partial charge in [-0.05, 0) is 24.3 Å². The highest BCUT2D eigenvalue weighted by Gasteiger charge is 2.19. The van der Waals surface area contributed by atoms with Gasteiger partial charge in [0.25, 0.3) is 5.91 Å². The maximum atomic E-state index is 12.9. The molecule has 0 unspecified atom stereocenters. The number of aromatic nitrogens is 2. The van der Waals surface area contributed by atoms with Crippen LogP contribution in [-0.2, 0) is 6.54 Å². The molecule has 0 aliphatic carbocycles. The number of hydrogen-bond acceptors (Lipinski definition) is 5. The van der Waals surface area contributed by atoms with Crippen molar-refractivity contribution in [3.63, 3.8) is 0 Å². The van der Waals surface area contributed by atoms with E-state index >= 15 is 0 Å². The zero-order valence-electron chi connectivity index (χ0n) is 16.4. The summed E-state index contributed by atoms with van der Waals surface area (Å²) in [5, 5.41) is 4.37. The van der Waals surface area contributed by atoms with Crippen LogP contribution in [0.1, 0.15) is 15.9 Å². The highest BCUT2D eigenvalue weighted by atomic mass is 16.5. The number of carbonyl (C=O) groups is 1. The van der Waals surface area contributed by atoms with Gasteiger partial charge in [0.2, 0.25) is 5.75 Å². The number of ether oxygens (including phenoxy) is 3. The SMILES string of the molecule is COc1cc(C(=O)N(C)Cc2cnn(-c3ccccc3)c2)cc(OC)c1OC. The Hall–Kier alpha value is -3.48. The van der Waals surface area contributed by atoms with Gasteiger partial charge in [0.1, 0.15) is 0 Å². The number of hydrogen-bond donors (Lipinski definition) is 0. The van der Waals surface area contributed by atoms with E-state index in [0.29, 0.717) is 29.4 Å². The summed E-state index contributed by atoms with van der Waals surface area (Å²) in [5.74, 6) is 1.17. The van der Waals surface area contributed by atoms with Gasteiger partial charge in [0.05, 0.1) is 33.2 Å². The molecule has 1 aromatic heterocycles. The summed E-state index contributed by atoms with van der Waals surface area (Å²) in [6.07, 6.45) is 3.67. The van der Waals surface area contributed by atoms with Crippen LogP contribution >= 0.6 is 0 Å². The minimum atomic E-state index is -0.160. The molecule has 7 heteroatoms. The quantitative estimate of drug-likeness (QED) is 0.629. The lowest BCUT2D eigenvalue weighted by Gasteiger charge is -2.18. The molecule has 3 aromatic rings. The number of carbonyl (C=O) groups excluding carboxylic acids is 1. The van der Waals surface area contributed by atoms with Crippen molar-refractivity contribution in [2.24, 2.45) is 0 Å². The first-order valence-electron chi connectivity index (χ1n) is 8.71. The molecule has 0 bridgehead atoms. The normalized spacial score (nSPS) is 10.4. The molecule has 0 radical (unpaired) electrons. The van der Waals surface area contributed by atoms with E-state index in [9.17, 15) is 4.79 Å². The van der Waals surface area contributed by atoms with E-state index in [2.05, 4.69) is 5.10 Å². The van der Waals surface area contributed by atoms with Crippen LogP contribution < -0.4 is 14.2 Å². The van der Waals surface area contributed by atoms with E-state index in [0.717, 1.165) is 11.3 Å². The summed E-state index contributed by atoms with van der Waals surface area (Å²) in [7, 11) is 6.31. The van der Waals surface area contributed by atoms with Crippen LogP contribution in [0.4, 0.5) is 0 Å². The molecule has 7 nitrogen and oxygen atoms in total. The smallest absolute Gasteiger partial charge is 0.254 e. The van der Waals surface area contributed by atoms with Crippen LogP contribution in [0.5, 0.6) is 17.2 Å². The number of rotatable bonds is 7. The lowest BCUT2D eigenvalue weighted by atomic mass is 10.1. The lowest BCUT2D eigenvalue weighted by Crippen LogP contribution is -2.26. The molecule has 0 aliphatic rings. The fraction of sp³-hybridized carbons (Fsp3) is 0.238. The summed E-state index contributed by atoms with van der Waals surface area (Å²) < 4.78 is 17.8. The number of amides is 1. The standard InChI is InChI=1S/C21H23N3O4/c1-23(13-15-12-22-24(14-15)17-8-6-5-7-9-17)21(25)16-10-18(26-2)20(28-4)19(11-16)27-3/h5-12,14H,13H2,1-4H3. The average Bonchev–Trinajstić information content (AvgIpc) is 3.21. The van der Waals surface area contributed by atoms with Gasteiger partial charge in [-0.15, -0.1) is 0 Å². The van der Waals surface area contributed by atoms with E-state index < -0.39 is 0 Å². The van der Waals surface area contributed by atoms with Crippen LogP contribution in [0.2, 0.25) is 0 Å². The molecule has 0 saturated heterocycles. The fourth-order valence-corrected chi connectivity index (χ4v) is 2.93. The Balaban J connectivity index is 1.79. The van der Waals surface area contributed by atoms with Crippen molar-refractivity contribution in [1.29, 1.82) is 0 Å². The van der Waals surface area contributed by atoms with E-state index in [-0.39, 0.29) is 5.91 Å². The second-order valence-electron chi connectivity index (χ2n) is 6.20. The van der Waals surface area contributed by atoms with Crippen LogP contribution in [0.15, 0.2) is 54.9 Å². The van der Waals surface area contributed by atoms with Crippen LogP contribution in [0.3, 0.4) is 0 Å². The van der Waals surface area contributed by atoms with Gasteiger partial charge in [-0.25, -0.2) is 4.68 Å². The molecule has 1 amide bonds. The van der Waals surface area contributed by atoms with Gasteiger partial charge in [-0.3, -0.25) is 4.79 Å². The molecule has 0 N–H and O–H groups in total. The zero-order chi connectivity index (χ0) is 20.1. The summed E-state index contributed by atoms with van der Waals surface area (Å²) in [6.45, 7) is 0.419. The monoisotopic (exact) mass is 381 g/mol.